The molecule has 5 heteroatoms. The van der Waals surface area contributed by atoms with Crippen LogP contribution in [0, 0.1) is 6.92 Å². The van der Waals surface area contributed by atoms with E-state index in [0.29, 0.717) is 5.56 Å². The lowest BCUT2D eigenvalue weighted by Gasteiger charge is -2.09. The van der Waals surface area contributed by atoms with Crippen LogP contribution < -0.4 is 5.73 Å². The lowest BCUT2D eigenvalue weighted by molar-refractivity contribution is 0.0597. The van der Waals surface area contributed by atoms with E-state index in [-0.39, 0.29) is 17.0 Å². The number of anilines is 1. The van der Waals surface area contributed by atoms with Crippen molar-refractivity contribution in [2.24, 2.45) is 0 Å². The SMILES string of the molecule is COC(=O)c1cc(C)c(O)c(N)c1O. The van der Waals surface area contributed by atoms with Crippen molar-refractivity contribution in [2.75, 3.05) is 12.8 Å². The van der Waals surface area contributed by atoms with Crippen LogP contribution in [0.5, 0.6) is 11.5 Å². The number of methoxy groups -OCH3 is 1. The largest absolute Gasteiger partial charge is 0.505 e. The van der Waals surface area contributed by atoms with Crippen molar-refractivity contribution < 1.29 is 19.7 Å². The molecule has 5 nitrogen and oxygen atoms in total. The van der Waals surface area contributed by atoms with Crippen molar-refractivity contribution in [1.29, 1.82) is 0 Å². The van der Waals surface area contributed by atoms with Crippen molar-refractivity contribution in [2.45, 2.75) is 6.92 Å². The summed E-state index contributed by atoms with van der Waals surface area (Å²) in [4.78, 5) is 11.1. The molecule has 4 N–H and O–H groups in total. The van der Waals surface area contributed by atoms with Crippen molar-refractivity contribution in [3.05, 3.63) is 17.2 Å². The number of phenolic OH excluding ortho intramolecular Hbond substituents is 2. The van der Waals surface area contributed by atoms with Gasteiger partial charge in [0, 0.05) is 0 Å². The summed E-state index contributed by atoms with van der Waals surface area (Å²) < 4.78 is 4.43. The van der Waals surface area contributed by atoms with Crippen LogP contribution in [-0.2, 0) is 4.74 Å². The topological polar surface area (TPSA) is 92.8 Å². The second-order valence-corrected chi connectivity index (χ2v) is 2.84. The summed E-state index contributed by atoms with van der Waals surface area (Å²) in [6, 6.07) is 1.31. The van der Waals surface area contributed by atoms with Crippen LogP contribution in [0.1, 0.15) is 15.9 Å². The highest BCUT2D eigenvalue weighted by molar-refractivity contribution is 5.95. The van der Waals surface area contributed by atoms with Crippen LogP contribution in [0.25, 0.3) is 0 Å². The molecule has 0 aliphatic rings. The lowest BCUT2D eigenvalue weighted by Crippen LogP contribution is -2.04. The number of phenols is 2. The van der Waals surface area contributed by atoms with E-state index in [1.807, 2.05) is 0 Å². The van der Waals surface area contributed by atoms with Gasteiger partial charge >= 0.3 is 5.97 Å². The molecule has 0 unspecified atom stereocenters. The van der Waals surface area contributed by atoms with Crippen LogP contribution in [0.2, 0.25) is 0 Å². The highest BCUT2D eigenvalue weighted by Crippen LogP contribution is 2.36. The molecular formula is C9H11NO4. The molecule has 76 valence electrons. The standard InChI is InChI=1S/C9H11NO4/c1-4-3-5(9(13)14-2)8(12)6(10)7(4)11/h3,11-12H,10H2,1-2H3. The Morgan fingerprint density at radius 1 is 1.43 bits per heavy atom. The first-order chi connectivity index (χ1) is 6.49. The van der Waals surface area contributed by atoms with E-state index in [2.05, 4.69) is 4.74 Å². The van der Waals surface area contributed by atoms with Crippen LogP contribution in [0.3, 0.4) is 0 Å². The van der Waals surface area contributed by atoms with E-state index in [1.165, 1.54) is 13.2 Å². The zero-order chi connectivity index (χ0) is 10.9. The van der Waals surface area contributed by atoms with Crippen LogP contribution in [-0.4, -0.2) is 23.3 Å². The molecule has 0 radical (unpaired) electrons. The fourth-order valence-electron chi connectivity index (χ4n) is 1.09. The number of carbonyl (C=O) groups excluding carboxylic acids is 1. The molecule has 1 aromatic carbocycles. The Hall–Kier alpha value is -1.91. The molecule has 0 saturated heterocycles. The average Bonchev–Trinajstić information content (AvgIpc) is 2.19. The van der Waals surface area contributed by atoms with Gasteiger partial charge in [0.15, 0.2) is 5.75 Å². The molecule has 0 bridgehead atoms. The predicted octanol–water partition coefficient (Wildman–Crippen LogP) is 0.775. The number of carbonyl (C=O) groups is 1. The number of ether oxygens (including phenoxy) is 1. The monoisotopic (exact) mass is 197 g/mol. The number of rotatable bonds is 1. The van der Waals surface area contributed by atoms with Gasteiger partial charge in [0.2, 0.25) is 0 Å². The summed E-state index contributed by atoms with van der Waals surface area (Å²) in [6.45, 7) is 1.57. The first-order valence-corrected chi connectivity index (χ1v) is 3.88. The summed E-state index contributed by atoms with van der Waals surface area (Å²) in [5.41, 5.74) is 5.50. The molecule has 0 aromatic heterocycles. The summed E-state index contributed by atoms with van der Waals surface area (Å²) in [6.07, 6.45) is 0. The van der Waals surface area contributed by atoms with Gasteiger partial charge in [-0.25, -0.2) is 4.79 Å². The maximum Gasteiger partial charge on any atom is 0.341 e. The Kier molecular flexibility index (Phi) is 2.51. The number of nitrogen functional groups attached to an aromatic ring is 1. The summed E-state index contributed by atoms with van der Waals surface area (Å²) >= 11 is 0. The molecule has 0 aliphatic carbocycles. The number of benzene rings is 1. The first-order valence-electron chi connectivity index (χ1n) is 3.88. The lowest BCUT2D eigenvalue weighted by atomic mass is 10.1. The van der Waals surface area contributed by atoms with Crippen molar-refractivity contribution in [3.8, 4) is 11.5 Å². The third kappa shape index (κ3) is 1.44. The van der Waals surface area contributed by atoms with Gasteiger partial charge in [0.05, 0.1) is 7.11 Å². The van der Waals surface area contributed by atoms with Crippen molar-refractivity contribution >= 4 is 11.7 Å². The Balaban J connectivity index is 3.40. The van der Waals surface area contributed by atoms with Crippen molar-refractivity contribution in [1.82, 2.24) is 0 Å². The third-order valence-electron chi connectivity index (χ3n) is 1.91. The highest BCUT2D eigenvalue weighted by atomic mass is 16.5. The van der Waals surface area contributed by atoms with E-state index in [0.717, 1.165) is 0 Å². The molecule has 1 aromatic rings. The van der Waals surface area contributed by atoms with E-state index < -0.39 is 11.7 Å². The number of hydrogen-bond donors (Lipinski definition) is 3. The molecule has 1 rings (SSSR count). The van der Waals surface area contributed by atoms with E-state index >= 15 is 0 Å². The molecule has 0 fully saturated rings. The quantitative estimate of drug-likeness (QED) is 0.351. The Morgan fingerprint density at radius 2 is 2.00 bits per heavy atom. The van der Waals surface area contributed by atoms with Gasteiger partial charge in [0.25, 0.3) is 0 Å². The van der Waals surface area contributed by atoms with Gasteiger partial charge in [-0.15, -0.1) is 0 Å². The molecule has 0 amide bonds. The Bertz CT molecular complexity index is 387. The number of hydrogen-bond acceptors (Lipinski definition) is 5. The summed E-state index contributed by atoms with van der Waals surface area (Å²) in [5.74, 6) is -1.38. The molecule has 0 saturated carbocycles. The van der Waals surface area contributed by atoms with Gasteiger partial charge in [-0.2, -0.15) is 0 Å². The van der Waals surface area contributed by atoms with Crippen LogP contribution >= 0.6 is 0 Å². The van der Waals surface area contributed by atoms with Gasteiger partial charge in [0.1, 0.15) is 17.0 Å². The maximum absolute atomic E-state index is 11.1. The minimum Gasteiger partial charge on any atom is -0.505 e. The van der Waals surface area contributed by atoms with Crippen LogP contribution in [0.15, 0.2) is 6.07 Å². The van der Waals surface area contributed by atoms with Gasteiger partial charge in [-0.3, -0.25) is 0 Å². The summed E-state index contributed by atoms with van der Waals surface area (Å²) in [5, 5.41) is 18.7. The van der Waals surface area contributed by atoms with E-state index in [9.17, 15) is 15.0 Å². The van der Waals surface area contributed by atoms with E-state index in [4.69, 9.17) is 5.73 Å². The molecular weight excluding hydrogens is 186 g/mol. The summed E-state index contributed by atoms with van der Waals surface area (Å²) in [7, 11) is 1.19. The van der Waals surface area contributed by atoms with Gasteiger partial charge < -0.3 is 20.7 Å². The zero-order valence-electron chi connectivity index (χ0n) is 7.87. The Labute approximate surface area is 80.7 Å². The number of aromatic hydroxyl groups is 2. The molecule has 14 heavy (non-hydrogen) atoms. The zero-order valence-corrected chi connectivity index (χ0v) is 7.87. The van der Waals surface area contributed by atoms with Gasteiger partial charge in [-0.05, 0) is 18.6 Å². The second kappa shape index (κ2) is 3.45. The highest BCUT2D eigenvalue weighted by Gasteiger charge is 2.18. The smallest absolute Gasteiger partial charge is 0.341 e. The molecule has 0 spiro atoms. The number of nitrogens with two attached hydrogens (primary N) is 1. The molecule has 0 atom stereocenters. The number of esters is 1. The minimum atomic E-state index is -0.697. The average molecular weight is 197 g/mol. The fraction of sp³-hybridized carbons (Fsp3) is 0.222. The molecule has 0 heterocycles. The molecule has 0 aliphatic heterocycles. The third-order valence-corrected chi connectivity index (χ3v) is 1.91. The van der Waals surface area contributed by atoms with Crippen LogP contribution in [0.4, 0.5) is 5.69 Å². The predicted molar refractivity (Wildman–Crippen MR) is 50.3 cm³/mol. The van der Waals surface area contributed by atoms with Gasteiger partial charge in [-0.1, -0.05) is 0 Å². The maximum atomic E-state index is 11.1. The minimum absolute atomic E-state index is 0.0553. The normalized spacial score (nSPS) is 9.86. The Morgan fingerprint density at radius 3 is 2.50 bits per heavy atom. The van der Waals surface area contributed by atoms with E-state index in [1.54, 1.807) is 6.92 Å². The second-order valence-electron chi connectivity index (χ2n) is 2.84. The van der Waals surface area contributed by atoms with Crippen molar-refractivity contribution in [3.63, 3.8) is 0 Å². The first kappa shape index (κ1) is 10.2. The fourth-order valence-corrected chi connectivity index (χ4v) is 1.09. The number of aryl methyl sites for hydroxylation is 1.